The molecule has 1 heterocycles. The third-order valence-corrected chi connectivity index (χ3v) is 4.53. The number of nitrogens with zero attached hydrogens (tertiary/aromatic N) is 1. The molecule has 0 aliphatic carbocycles. The van der Waals surface area contributed by atoms with Crippen molar-refractivity contribution in [3.8, 4) is 5.75 Å². The third-order valence-electron chi connectivity index (χ3n) is 4.53. The Balaban J connectivity index is 1.59. The highest BCUT2D eigenvalue weighted by atomic mass is 16.5. The van der Waals surface area contributed by atoms with Gasteiger partial charge < -0.3 is 19.7 Å². The molecule has 5 nitrogen and oxygen atoms in total. The number of ether oxygens (including phenoxy) is 2. The molecule has 0 radical (unpaired) electrons. The van der Waals surface area contributed by atoms with Crippen LogP contribution in [-0.2, 0) is 9.53 Å². The Kier molecular flexibility index (Phi) is 5.78. The van der Waals surface area contributed by atoms with Gasteiger partial charge in [-0.3, -0.25) is 4.79 Å². The van der Waals surface area contributed by atoms with E-state index >= 15 is 0 Å². The third kappa shape index (κ3) is 4.55. The molecule has 26 heavy (non-hydrogen) atoms. The average Bonchev–Trinajstić information content (AvgIpc) is 2.66. The molecule has 1 atom stereocenters. The van der Waals surface area contributed by atoms with Gasteiger partial charge in [0.25, 0.3) is 5.91 Å². The van der Waals surface area contributed by atoms with Crippen LogP contribution < -0.4 is 15.0 Å². The Morgan fingerprint density at radius 2 is 1.81 bits per heavy atom. The number of benzene rings is 2. The van der Waals surface area contributed by atoms with Gasteiger partial charge in [0.15, 0.2) is 6.10 Å². The first-order valence-electron chi connectivity index (χ1n) is 9.00. The van der Waals surface area contributed by atoms with Crippen LogP contribution in [0.15, 0.2) is 42.5 Å². The minimum Gasteiger partial charge on any atom is -0.481 e. The van der Waals surface area contributed by atoms with E-state index in [1.807, 2.05) is 56.3 Å². The van der Waals surface area contributed by atoms with Crippen molar-refractivity contribution < 1.29 is 14.3 Å². The van der Waals surface area contributed by atoms with Gasteiger partial charge in [0.05, 0.1) is 13.2 Å². The summed E-state index contributed by atoms with van der Waals surface area (Å²) in [5.41, 5.74) is 4.04. The van der Waals surface area contributed by atoms with Crippen molar-refractivity contribution in [3.63, 3.8) is 0 Å². The number of nitrogens with one attached hydrogen (secondary N) is 1. The van der Waals surface area contributed by atoms with Gasteiger partial charge in [-0.2, -0.15) is 0 Å². The topological polar surface area (TPSA) is 50.8 Å². The number of anilines is 2. The summed E-state index contributed by atoms with van der Waals surface area (Å²) in [6, 6.07) is 13.9. The molecular weight excluding hydrogens is 328 g/mol. The molecule has 1 fully saturated rings. The molecule has 2 aromatic carbocycles. The number of hydrogen-bond donors (Lipinski definition) is 1. The zero-order valence-corrected chi connectivity index (χ0v) is 15.6. The summed E-state index contributed by atoms with van der Waals surface area (Å²) in [5.74, 6) is 0.584. The van der Waals surface area contributed by atoms with Gasteiger partial charge in [0.2, 0.25) is 0 Å². The molecule has 1 N–H and O–H groups in total. The maximum absolute atomic E-state index is 12.4. The van der Waals surface area contributed by atoms with E-state index < -0.39 is 6.10 Å². The lowest BCUT2D eigenvalue weighted by atomic mass is 10.1. The predicted octanol–water partition coefficient (Wildman–Crippen LogP) is 3.55. The van der Waals surface area contributed by atoms with Crippen molar-refractivity contribution in [2.75, 3.05) is 36.5 Å². The lowest BCUT2D eigenvalue weighted by Gasteiger charge is -2.29. The van der Waals surface area contributed by atoms with Crippen LogP contribution in [0.2, 0.25) is 0 Å². The van der Waals surface area contributed by atoms with Crippen molar-refractivity contribution in [3.05, 3.63) is 53.6 Å². The van der Waals surface area contributed by atoms with Crippen LogP contribution in [-0.4, -0.2) is 38.3 Å². The van der Waals surface area contributed by atoms with E-state index in [1.165, 1.54) is 0 Å². The molecule has 1 saturated heterocycles. The Morgan fingerprint density at radius 3 is 2.50 bits per heavy atom. The number of amides is 1. The van der Waals surface area contributed by atoms with E-state index in [-0.39, 0.29) is 5.91 Å². The van der Waals surface area contributed by atoms with Crippen LogP contribution >= 0.6 is 0 Å². The van der Waals surface area contributed by atoms with Gasteiger partial charge in [-0.25, -0.2) is 0 Å². The fraction of sp³-hybridized carbons (Fsp3) is 0.381. The molecule has 0 spiro atoms. The summed E-state index contributed by atoms with van der Waals surface area (Å²) in [7, 11) is 0. The molecule has 0 saturated carbocycles. The number of morpholine rings is 1. The molecule has 1 amide bonds. The fourth-order valence-electron chi connectivity index (χ4n) is 2.90. The molecule has 1 unspecified atom stereocenters. The number of carbonyl (C=O) groups is 1. The van der Waals surface area contributed by atoms with E-state index in [0.29, 0.717) is 0 Å². The zero-order chi connectivity index (χ0) is 18.5. The van der Waals surface area contributed by atoms with Crippen LogP contribution in [0.25, 0.3) is 0 Å². The fourth-order valence-corrected chi connectivity index (χ4v) is 2.90. The first kappa shape index (κ1) is 18.3. The summed E-state index contributed by atoms with van der Waals surface area (Å²) in [6.07, 6.45) is -0.575. The minimum atomic E-state index is -0.575. The summed E-state index contributed by atoms with van der Waals surface area (Å²) in [6.45, 7) is 9.05. The number of hydrogen-bond acceptors (Lipinski definition) is 4. The predicted molar refractivity (Wildman–Crippen MR) is 104 cm³/mol. The highest BCUT2D eigenvalue weighted by Gasteiger charge is 2.16. The summed E-state index contributed by atoms with van der Waals surface area (Å²) >= 11 is 0. The Bertz CT molecular complexity index is 752. The maximum atomic E-state index is 12.4. The Morgan fingerprint density at radius 1 is 1.12 bits per heavy atom. The van der Waals surface area contributed by atoms with E-state index in [1.54, 1.807) is 6.92 Å². The first-order valence-corrected chi connectivity index (χ1v) is 9.00. The van der Waals surface area contributed by atoms with Crippen LogP contribution in [0.4, 0.5) is 11.4 Å². The van der Waals surface area contributed by atoms with Crippen LogP contribution in [0.5, 0.6) is 5.75 Å². The number of carbonyl (C=O) groups excluding carboxylic acids is 1. The number of rotatable bonds is 5. The SMILES string of the molecule is Cc1ccc(C)c(OC(C)C(=O)Nc2ccc(N3CCOCC3)cc2)c1. The molecule has 0 aromatic heterocycles. The smallest absolute Gasteiger partial charge is 0.265 e. The lowest BCUT2D eigenvalue weighted by molar-refractivity contribution is -0.122. The zero-order valence-electron chi connectivity index (χ0n) is 15.6. The van der Waals surface area contributed by atoms with Crippen molar-refractivity contribution in [2.45, 2.75) is 26.9 Å². The van der Waals surface area contributed by atoms with Crippen molar-refractivity contribution >= 4 is 17.3 Å². The maximum Gasteiger partial charge on any atom is 0.265 e. The molecule has 1 aliphatic heterocycles. The van der Waals surface area contributed by atoms with E-state index in [4.69, 9.17) is 9.47 Å². The molecule has 3 rings (SSSR count). The van der Waals surface area contributed by atoms with Crippen LogP contribution in [0.3, 0.4) is 0 Å². The molecular formula is C21H26N2O3. The second-order valence-electron chi connectivity index (χ2n) is 6.66. The van der Waals surface area contributed by atoms with Gasteiger partial charge in [0, 0.05) is 24.5 Å². The molecule has 138 valence electrons. The van der Waals surface area contributed by atoms with Gasteiger partial charge >= 0.3 is 0 Å². The van der Waals surface area contributed by atoms with Crippen LogP contribution in [0.1, 0.15) is 18.1 Å². The normalized spacial score (nSPS) is 15.4. The summed E-state index contributed by atoms with van der Waals surface area (Å²) in [4.78, 5) is 14.7. The van der Waals surface area contributed by atoms with E-state index in [2.05, 4.69) is 10.2 Å². The van der Waals surface area contributed by atoms with E-state index in [0.717, 1.165) is 54.6 Å². The molecule has 0 bridgehead atoms. The van der Waals surface area contributed by atoms with Gasteiger partial charge in [-0.15, -0.1) is 0 Å². The Hall–Kier alpha value is -2.53. The molecule has 1 aliphatic rings. The second kappa shape index (κ2) is 8.23. The second-order valence-corrected chi connectivity index (χ2v) is 6.66. The lowest BCUT2D eigenvalue weighted by Crippen LogP contribution is -2.36. The van der Waals surface area contributed by atoms with E-state index in [9.17, 15) is 4.79 Å². The minimum absolute atomic E-state index is 0.162. The highest BCUT2D eigenvalue weighted by Crippen LogP contribution is 2.22. The standard InChI is InChI=1S/C21H26N2O3/c1-15-4-5-16(2)20(14-15)26-17(3)21(24)22-18-6-8-19(9-7-18)23-10-12-25-13-11-23/h4-9,14,17H,10-13H2,1-3H3,(H,22,24). The van der Waals surface area contributed by atoms with Crippen LogP contribution in [0, 0.1) is 13.8 Å². The molecule has 2 aromatic rings. The first-order chi connectivity index (χ1) is 12.5. The van der Waals surface area contributed by atoms with Gasteiger partial charge in [-0.1, -0.05) is 12.1 Å². The average molecular weight is 354 g/mol. The highest BCUT2D eigenvalue weighted by molar-refractivity contribution is 5.94. The van der Waals surface area contributed by atoms with Gasteiger partial charge in [0.1, 0.15) is 5.75 Å². The largest absolute Gasteiger partial charge is 0.481 e. The quantitative estimate of drug-likeness (QED) is 0.892. The summed E-state index contributed by atoms with van der Waals surface area (Å²) in [5, 5.41) is 2.92. The van der Waals surface area contributed by atoms with Crippen molar-refractivity contribution in [2.24, 2.45) is 0 Å². The Labute approximate surface area is 154 Å². The van der Waals surface area contributed by atoms with Crippen molar-refractivity contribution in [1.29, 1.82) is 0 Å². The molecule has 5 heteroatoms. The summed E-state index contributed by atoms with van der Waals surface area (Å²) < 4.78 is 11.2. The van der Waals surface area contributed by atoms with Crippen molar-refractivity contribution in [1.82, 2.24) is 0 Å². The monoisotopic (exact) mass is 354 g/mol. The number of aryl methyl sites for hydroxylation is 2. The van der Waals surface area contributed by atoms with Gasteiger partial charge in [-0.05, 0) is 62.2 Å².